The second-order valence-electron chi connectivity index (χ2n) is 7.51. The third-order valence-corrected chi connectivity index (χ3v) is 5.74. The molecule has 1 atom stereocenters. The van der Waals surface area contributed by atoms with E-state index in [0.717, 1.165) is 36.4 Å². The van der Waals surface area contributed by atoms with Gasteiger partial charge in [0.25, 0.3) is 5.91 Å². The Hall–Kier alpha value is -2.73. The number of carbonyl (C=O) groups is 2. The molecule has 30 heavy (non-hydrogen) atoms. The van der Waals surface area contributed by atoms with Crippen molar-refractivity contribution in [1.82, 2.24) is 10.2 Å². The van der Waals surface area contributed by atoms with Gasteiger partial charge in [-0.05, 0) is 61.2 Å². The van der Waals surface area contributed by atoms with Crippen LogP contribution >= 0.6 is 11.6 Å². The zero-order valence-electron chi connectivity index (χ0n) is 16.7. The predicted molar refractivity (Wildman–Crippen MR) is 114 cm³/mol. The zero-order valence-corrected chi connectivity index (χ0v) is 17.5. The Morgan fingerprint density at radius 1 is 1.07 bits per heavy atom. The maximum Gasteiger partial charge on any atom is 0.251 e. The summed E-state index contributed by atoms with van der Waals surface area (Å²) >= 11 is 5.84. The van der Waals surface area contributed by atoms with E-state index < -0.39 is 0 Å². The van der Waals surface area contributed by atoms with Crippen molar-refractivity contribution in [3.8, 4) is 11.5 Å². The monoisotopic (exact) mass is 428 g/mol. The van der Waals surface area contributed by atoms with Gasteiger partial charge in [-0.25, -0.2) is 0 Å². The summed E-state index contributed by atoms with van der Waals surface area (Å²) in [6.07, 6.45) is 2.93. The molecule has 2 amide bonds. The normalized spacial score (nSPS) is 17.6. The van der Waals surface area contributed by atoms with Gasteiger partial charge in [-0.2, -0.15) is 0 Å². The van der Waals surface area contributed by atoms with Crippen LogP contribution in [0.25, 0.3) is 0 Å². The first-order chi connectivity index (χ1) is 14.6. The van der Waals surface area contributed by atoms with Gasteiger partial charge in [-0.15, -0.1) is 0 Å². The van der Waals surface area contributed by atoms with E-state index in [-0.39, 0.29) is 17.9 Å². The molecule has 0 radical (unpaired) electrons. The molecule has 158 valence electrons. The Morgan fingerprint density at radius 2 is 1.83 bits per heavy atom. The molecule has 2 aliphatic heterocycles. The van der Waals surface area contributed by atoms with Crippen LogP contribution < -0.4 is 14.8 Å². The Balaban J connectivity index is 1.28. The first-order valence-corrected chi connectivity index (χ1v) is 10.7. The second kappa shape index (κ2) is 9.39. The van der Waals surface area contributed by atoms with E-state index in [1.807, 2.05) is 23.1 Å². The lowest BCUT2D eigenvalue weighted by atomic mass is 10.0. The average Bonchev–Trinajstić information content (AvgIpc) is 3.26. The van der Waals surface area contributed by atoms with Crippen LogP contribution in [-0.2, 0) is 4.79 Å². The van der Waals surface area contributed by atoms with Crippen molar-refractivity contribution in [3.05, 3.63) is 58.6 Å². The Morgan fingerprint density at radius 3 is 2.63 bits per heavy atom. The summed E-state index contributed by atoms with van der Waals surface area (Å²) in [5.74, 6) is 1.47. The number of nitrogens with zero attached hydrogens (tertiary/aromatic N) is 1. The number of hydrogen-bond acceptors (Lipinski definition) is 4. The summed E-state index contributed by atoms with van der Waals surface area (Å²) in [6, 6.07) is 12.8. The van der Waals surface area contributed by atoms with Gasteiger partial charge in [0.05, 0.1) is 6.04 Å². The highest BCUT2D eigenvalue weighted by molar-refractivity contribution is 6.30. The first kappa shape index (κ1) is 20.5. The maximum atomic E-state index is 12.8. The van der Waals surface area contributed by atoms with Gasteiger partial charge in [0.15, 0.2) is 11.5 Å². The van der Waals surface area contributed by atoms with Gasteiger partial charge in [0.2, 0.25) is 5.91 Å². The van der Waals surface area contributed by atoms with Crippen LogP contribution in [0.1, 0.15) is 47.6 Å². The molecule has 6 nitrogen and oxygen atoms in total. The standard InChI is InChI=1S/C23H25ClN2O4/c24-18-8-5-16(6-9-18)23(28)25-11-1-4-22(27)26-12-2-3-19(26)17-7-10-20-21(15-17)30-14-13-29-20/h5-10,15,19H,1-4,11-14H2,(H,25,28)/t19-/m0/s1. The van der Waals surface area contributed by atoms with Gasteiger partial charge in [-0.1, -0.05) is 17.7 Å². The van der Waals surface area contributed by atoms with E-state index >= 15 is 0 Å². The number of halogens is 1. The molecule has 0 unspecified atom stereocenters. The fraction of sp³-hybridized carbons (Fsp3) is 0.391. The molecular formula is C23H25ClN2O4. The molecule has 1 N–H and O–H groups in total. The summed E-state index contributed by atoms with van der Waals surface area (Å²) in [4.78, 5) is 26.9. The molecule has 1 saturated heterocycles. The lowest BCUT2D eigenvalue weighted by Gasteiger charge is -2.27. The molecule has 2 heterocycles. The van der Waals surface area contributed by atoms with Crippen molar-refractivity contribution in [3.63, 3.8) is 0 Å². The summed E-state index contributed by atoms with van der Waals surface area (Å²) in [7, 11) is 0. The van der Waals surface area contributed by atoms with Crippen LogP contribution in [0.5, 0.6) is 11.5 Å². The van der Waals surface area contributed by atoms with Gasteiger partial charge in [0, 0.05) is 30.1 Å². The van der Waals surface area contributed by atoms with E-state index in [1.54, 1.807) is 24.3 Å². The minimum atomic E-state index is -0.158. The van der Waals surface area contributed by atoms with Gasteiger partial charge in [-0.3, -0.25) is 9.59 Å². The molecule has 4 rings (SSSR count). The van der Waals surface area contributed by atoms with Crippen LogP contribution in [0.3, 0.4) is 0 Å². The van der Waals surface area contributed by atoms with E-state index in [9.17, 15) is 9.59 Å². The summed E-state index contributed by atoms with van der Waals surface area (Å²) in [5, 5.41) is 3.45. The average molecular weight is 429 g/mol. The highest BCUT2D eigenvalue weighted by Crippen LogP contribution is 2.38. The second-order valence-corrected chi connectivity index (χ2v) is 7.95. The summed E-state index contributed by atoms with van der Waals surface area (Å²) in [6.45, 7) is 2.32. The summed E-state index contributed by atoms with van der Waals surface area (Å²) < 4.78 is 11.3. The molecule has 0 bridgehead atoms. The molecule has 0 aliphatic carbocycles. The fourth-order valence-electron chi connectivity index (χ4n) is 3.97. The van der Waals surface area contributed by atoms with E-state index in [0.29, 0.717) is 43.2 Å². The van der Waals surface area contributed by atoms with Gasteiger partial charge in [0.1, 0.15) is 13.2 Å². The van der Waals surface area contributed by atoms with Crippen molar-refractivity contribution >= 4 is 23.4 Å². The van der Waals surface area contributed by atoms with E-state index in [4.69, 9.17) is 21.1 Å². The topological polar surface area (TPSA) is 67.9 Å². The minimum Gasteiger partial charge on any atom is -0.486 e. The number of benzene rings is 2. The van der Waals surface area contributed by atoms with Crippen LogP contribution in [0.15, 0.2) is 42.5 Å². The number of likely N-dealkylation sites (tertiary alicyclic amines) is 1. The van der Waals surface area contributed by atoms with Crippen LogP contribution in [0, 0.1) is 0 Å². The Bertz CT molecular complexity index is 916. The molecule has 2 aliphatic rings. The lowest BCUT2D eigenvalue weighted by Crippen LogP contribution is -2.31. The van der Waals surface area contributed by atoms with Crippen LogP contribution in [0.4, 0.5) is 0 Å². The molecule has 7 heteroatoms. The minimum absolute atomic E-state index is 0.0667. The number of amides is 2. The third kappa shape index (κ3) is 4.70. The van der Waals surface area contributed by atoms with Crippen LogP contribution in [-0.4, -0.2) is 43.0 Å². The number of ether oxygens (including phenoxy) is 2. The Kier molecular flexibility index (Phi) is 6.43. The molecule has 0 saturated carbocycles. The van der Waals surface area contributed by atoms with Gasteiger partial charge >= 0.3 is 0 Å². The molecule has 0 spiro atoms. The van der Waals surface area contributed by atoms with Crippen LogP contribution in [0.2, 0.25) is 5.02 Å². The van der Waals surface area contributed by atoms with Crippen molar-refractivity contribution in [1.29, 1.82) is 0 Å². The predicted octanol–water partition coefficient (Wildman–Crippen LogP) is 3.98. The molecule has 2 aromatic carbocycles. The van der Waals surface area contributed by atoms with Crippen molar-refractivity contribution in [2.45, 2.75) is 31.7 Å². The fourth-order valence-corrected chi connectivity index (χ4v) is 4.09. The van der Waals surface area contributed by atoms with Crippen molar-refractivity contribution in [2.24, 2.45) is 0 Å². The van der Waals surface area contributed by atoms with Gasteiger partial charge < -0.3 is 19.7 Å². The number of carbonyl (C=O) groups excluding carboxylic acids is 2. The number of fused-ring (bicyclic) bond motifs is 1. The highest BCUT2D eigenvalue weighted by Gasteiger charge is 2.30. The van der Waals surface area contributed by atoms with E-state index in [1.165, 1.54) is 0 Å². The highest BCUT2D eigenvalue weighted by atomic mass is 35.5. The Labute approximate surface area is 181 Å². The maximum absolute atomic E-state index is 12.8. The third-order valence-electron chi connectivity index (χ3n) is 5.48. The van der Waals surface area contributed by atoms with Crippen molar-refractivity contribution in [2.75, 3.05) is 26.3 Å². The lowest BCUT2D eigenvalue weighted by molar-refractivity contribution is -0.132. The molecule has 2 aromatic rings. The molecule has 0 aromatic heterocycles. The largest absolute Gasteiger partial charge is 0.486 e. The van der Waals surface area contributed by atoms with E-state index in [2.05, 4.69) is 5.32 Å². The first-order valence-electron chi connectivity index (χ1n) is 10.3. The molecular weight excluding hydrogens is 404 g/mol. The number of hydrogen-bond donors (Lipinski definition) is 1. The molecule has 1 fully saturated rings. The zero-order chi connectivity index (χ0) is 20.9. The SMILES string of the molecule is O=C(NCCCC(=O)N1CCC[C@H]1c1ccc2c(c1)OCCO2)c1ccc(Cl)cc1. The quantitative estimate of drug-likeness (QED) is 0.706. The van der Waals surface area contributed by atoms with Crippen molar-refractivity contribution < 1.29 is 19.1 Å². The number of rotatable bonds is 6. The smallest absolute Gasteiger partial charge is 0.251 e. The summed E-state index contributed by atoms with van der Waals surface area (Å²) in [5.41, 5.74) is 1.64. The number of nitrogens with one attached hydrogen (secondary N) is 1.